The van der Waals surface area contributed by atoms with Gasteiger partial charge in [-0.25, -0.2) is 9.97 Å². The fourth-order valence-electron chi connectivity index (χ4n) is 1.85. The van der Waals surface area contributed by atoms with Crippen LogP contribution in [0, 0.1) is 0 Å². The quantitative estimate of drug-likeness (QED) is 0.344. The van der Waals surface area contributed by atoms with Crippen molar-refractivity contribution in [2.45, 2.75) is 0 Å². The average Bonchev–Trinajstić information content (AvgIpc) is 3.03. The fraction of sp³-hybridized carbons (Fsp3) is 0. The van der Waals surface area contributed by atoms with Crippen molar-refractivity contribution < 1.29 is 0 Å². The molecule has 4 aromatic heterocycles. The van der Waals surface area contributed by atoms with Gasteiger partial charge < -0.3 is 17.2 Å². The van der Waals surface area contributed by atoms with Crippen LogP contribution >= 0.6 is 0 Å². The normalized spacial score (nSPS) is 11.4. The summed E-state index contributed by atoms with van der Waals surface area (Å²) >= 11 is 0. The first-order valence-corrected chi connectivity index (χ1v) is 5.62. The van der Waals surface area contributed by atoms with Crippen LogP contribution in [0.15, 0.2) is 6.33 Å². The molecular formula is C8H7N13. The molecule has 6 N–H and O–H groups in total. The molecule has 0 fully saturated rings. The van der Waals surface area contributed by atoms with E-state index in [4.69, 9.17) is 17.2 Å². The van der Waals surface area contributed by atoms with E-state index in [2.05, 4.69) is 40.6 Å². The van der Waals surface area contributed by atoms with Gasteiger partial charge in [0.05, 0.1) is 0 Å². The summed E-state index contributed by atoms with van der Waals surface area (Å²) in [5.74, 6) is 0.300. The summed E-state index contributed by atoms with van der Waals surface area (Å²) in [4.78, 5) is 18.2. The van der Waals surface area contributed by atoms with E-state index >= 15 is 0 Å². The lowest BCUT2D eigenvalue weighted by atomic mass is 10.5. The third-order valence-corrected chi connectivity index (χ3v) is 2.76. The molecule has 0 atom stereocenters. The Morgan fingerprint density at radius 1 is 0.762 bits per heavy atom. The van der Waals surface area contributed by atoms with Crippen molar-refractivity contribution in [3.8, 4) is 0 Å². The minimum atomic E-state index is -0.0119. The van der Waals surface area contributed by atoms with Crippen molar-refractivity contribution in [2.24, 2.45) is 0 Å². The fourth-order valence-corrected chi connectivity index (χ4v) is 1.85. The number of nitrogen functional groups attached to an aromatic ring is 3. The molecule has 0 aromatic carbocycles. The minimum absolute atomic E-state index is 0.0119. The van der Waals surface area contributed by atoms with Crippen molar-refractivity contribution in [3.63, 3.8) is 0 Å². The predicted octanol–water partition coefficient (Wildman–Crippen LogP) is -2.19. The highest BCUT2D eigenvalue weighted by molar-refractivity contribution is 5.83. The molecule has 21 heavy (non-hydrogen) atoms. The van der Waals surface area contributed by atoms with Crippen LogP contribution in [0.5, 0.6) is 0 Å². The van der Waals surface area contributed by atoms with Gasteiger partial charge in [0.2, 0.25) is 17.2 Å². The van der Waals surface area contributed by atoms with Gasteiger partial charge in [0, 0.05) is 0 Å². The predicted molar refractivity (Wildman–Crippen MR) is 70.3 cm³/mol. The molecule has 0 amide bonds. The molecule has 4 aromatic rings. The Balaban J connectivity index is 2.07. The number of fused-ring (bicyclic) bond motifs is 2. The molecule has 13 heteroatoms. The van der Waals surface area contributed by atoms with Gasteiger partial charge in [0.15, 0.2) is 22.7 Å². The standard InChI is InChI=1S/C8H7N13/c9-4-2-6(13-1-12-4)20(18-16-2)21-7-3(17-19-21)5(10)14-8(11)15-7/h1H,(H2,9,12,13)(H4,10,11,14,15). The van der Waals surface area contributed by atoms with Gasteiger partial charge in [0.1, 0.15) is 6.33 Å². The summed E-state index contributed by atoms with van der Waals surface area (Å²) in [5, 5.41) is 15.6. The lowest BCUT2D eigenvalue weighted by molar-refractivity contribution is 0.498. The van der Waals surface area contributed by atoms with Crippen molar-refractivity contribution >= 4 is 39.9 Å². The Hall–Kier alpha value is -3.64. The van der Waals surface area contributed by atoms with Gasteiger partial charge >= 0.3 is 0 Å². The van der Waals surface area contributed by atoms with Crippen LogP contribution in [0.25, 0.3) is 22.3 Å². The maximum Gasteiger partial charge on any atom is 0.224 e. The molecule has 4 heterocycles. The highest BCUT2D eigenvalue weighted by atomic mass is 15.8. The largest absolute Gasteiger partial charge is 0.382 e. The average molecular weight is 285 g/mol. The molecule has 0 saturated heterocycles. The van der Waals surface area contributed by atoms with Crippen LogP contribution < -0.4 is 17.2 Å². The van der Waals surface area contributed by atoms with Gasteiger partial charge in [-0.3, -0.25) is 0 Å². The Morgan fingerprint density at radius 2 is 1.43 bits per heavy atom. The SMILES string of the molecule is Nc1nc(N)c2nnn(-n3nnc4c(N)ncnc43)c2n1. The van der Waals surface area contributed by atoms with Crippen LogP contribution in [-0.2, 0) is 0 Å². The second kappa shape index (κ2) is 3.69. The van der Waals surface area contributed by atoms with Gasteiger partial charge in [-0.2, -0.15) is 9.97 Å². The summed E-state index contributed by atoms with van der Waals surface area (Å²) in [6.07, 6.45) is 1.29. The van der Waals surface area contributed by atoms with Crippen molar-refractivity contribution in [1.82, 2.24) is 50.1 Å². The molecule has 0 spiro atoms. The van der Waals surface area contributed by atoms with E-state index in [1.807, 2.05) is 0 Å². The summed E-state index contributed by atoms with van der Waals surface area (Å²) in [7, 11) is 0. The number of nitrogens with two attached hydrogens (primary N) is 3. The smallest absolute Gasteiger partial charge is 0.224 e. The van der Waals surface area contributed by atoms with Gasteiger partial charge in [-0.1, -0.05) is 0 Å². The summed E-state index contributed by atoms with van der Waals surface area (Å²) in [5.41, 5.74) is 18.2. The van der Waals surface area contributed by atoms with Crippen LogP contribution in [0.3, 0.4) is 0 Å². The first kappa shape index (κ1) is 11.2. The maximum absolute atomic E-state index is 5.72. The Kier molecular flexibility index (Phi) is 1.97. The number of rotatable bonds is 1. The number of hydrogen-bond acceptors (Lipinski definition) is 11. The molecule has 0 unspecified atom stereocenters. The van der Waals surface area contributed by atoms with Crippen LogP contribution in [0.4, 0.5) is 17.6 Å². The molecule has 0 saturated carbocycles. The summed E-state index contributed by atoms with van der Waals surface area (Å²) in [6, 6.07) is 0. The molecule has 0 aliphatic rings. The second-order valence-electron chi connectivity index (χ2n) is 4.03. The molecule has 0 bridgehead atoms. The monoisotopic (exact) mass is 285 g/mol. The van der Waals surface area contributed by atoms with Crippen molar-refractivity contribution in [3.05, 3.63) is 6.33 Å². The summed E-state index contributed by atoms with van der Waals surface area (Å²) < 4.78 is 0. The Morgan fingerprint density at radius 3 is 2.19 bits per heavy atom. The van der Waals surface area contributed by atoms with E-state index in [1.54, 1.807) is 0 Å². The van der Waals surface area contributed by atoms with E-state index in [0.717, 1.165) is 0 Å². The summed E-state index contributed by atoms with van der Waals surface area (Å²) in [6.45, 7) is 0. The number of hydrogen-bond donors (Lipinski definition) is 3. The molecule has 104 valence electrons. The number of aromatic nitrogens is 10. The zero-order valence-corrected chi connectivity index (χ0v) is 10.3. The van der Waals surface area contributed by atoms with Gasteiger partial charge in [-0.15, -0.1) is 19.8 Å². The van der Waals surface area contributed by atoms with E-state index in [0.29, 0.717) is 11.2 Å². The molecule has 0 aliphatic carbocycles. The first-order valence-electron chi connectivity index (χ1n) is 5.62. The van der Waals surface area contributed by atoms with Crippen molar-refractivity contribution in [1.29, 1.82) is 0 Å². The topological polar surface area (TPSA) is 191 Å². The molecule has 4 rings (SSSR count). The Bertz CT molecular complexity index is 981. The van der Waals surface area contributed by atoms with Crippen molar-refractivity contribution in [2.75, 3.05) is 17.2 Å². The Labute approximate surface area is 114 Å². The molecule has 13 nitrogen and oxygen atoms in total. The van der Waals surface area contributed by atoms with Gasteiger partial charge in [-0.05, 0) is 10.4 Å². The highest BCUT2D eigenvalue weighted by Gasteiger charge is 2.17. The second-order valence-corrected chi connectivity index (χ2v) is 4.03. The highest BCUT2D eigenvalue weighted by Crippen LogP contribution is 2.17. The molecular weight excluding hydrogens is 278 g/mol. The van der Waals surface area contributed by atoms with E-state index in [-0.39, 0.29) is 28.7 Å². The van der Waals surface area contributed by atoms with Gasteiger partial charge in [0.25, 0.3) is 0 Å². The lowest BCUT2D eigenvalue weighted by Crippen LogP contribution is -2.15. The maximum atomic E-state index is 5.72. The molecule has 0 aliphatic heterocycles. The molecule has 0 radical (unpaired) electrons. The van der Waals surface area contributed by atoms with E-state index < -0.39 is 0 Å². The number of nitrogens with zero attached hydrogens (tertiary/aromatic N) is 10. The third-order valence-electron chi connectivity index (χ3n) is 2.76. The van der Waals surface area contributed by atoms with Crippen LogP contribution in [0.1, 0.15) is 0 Å². The lowest BCUT2D eigenvalue weighted by Gasteiger charge is -2.01. The van der Waals surface area contributed by atoms with E-state index in [1.165, 1.54) is 15.9 Å². The van der Waals surface area contributed by atoms with E-state index in [9.17, 15) is 0 Å². The zero-order chi connectivity index (χ0) is 14.6. The third kappa shape index (κ3) is 1.44. The van der Waals surface area contributed by atoms with Crippen LogP contribution in [-0.4, -0.2) is 50.1 Å². The first-order chi connectivity index (χ1) is 10.1. The minimum Gasteiger partial charge on any atom is -0.382 e. The van der Waals surface area contributed by atoms with Crippen LogP contribution in [0.2, 0.25) is 0 Å². The zero-order valence-electron chi connectivity index (χ0n) is 10.3. The number of anilines is 3.